The van der Waals surface area contributed by atoms with Crippen molar-refractivity contribution < 1.29 is 9.34 Å². The molecule has 0 N–H and O–H groups in total. The number of benzene rings is 2. The zero-order chi connectivity index (χ0) is 17.7. The van der Waals surface area contributed by atoms with Gasteiger partial charge < -0.3 is 9.32 Å². The number of rotatable bonds is 3. The molecule has 2 aromatic carbocycles. The molecule has 5 nitrogen and oxygen atoms in total. The Kier molecular flexibility index (Phi) is 5.76. The highest BCUT2D eigenvalue weighted by Gasteiger charge is 2.11. The van der Waals surface area contributed by atoms with Crippen LogP contribution in [0.15, 0.2) is 59.2 Å². The van der Waals surface area contributed by atoms with Gasteiger partial charge in [-0.1, -0.05) is 18.2 Å². The maximum absolute atomic E-state index is 10.6. The van der Waals surface area contributed by atoms with Crippen LogP contribution in [0.25, 0.3) is 11.0 Å². The first kappa shape index (κ1) is 17.8. The Labute approximate surface area is 142 Å². The van der Waals surface area contributed by atoms with Crippen molar-refractivity contribution >= 4 is 24.5 Å². The molecule has 0 fully saturated rings. The molecule has 6 heteroatoms. The van der Waals surface area contributed by atoms with Gasteiger partial charge in [0.2, 0.25) is 0 Å². The molecule has 0 spiro atoms. The number of nitrogens with zero attached hydrogens (tertiary/aromatic N) is 2. The van der Waals surface area contributed by atoms with E-state index in [4.69, 9.17) is 12.3 Å². The third kappa shape index (κ3) is 4.46. The molecular weight excluding hydrogens is 303 g/mol. The van der Waals surface area contributed by atoms with Crippen molar-refractivity contribution in [3.05, 3.63) is 76.0 Å². The maximum Gasteiger partial charge on any atom is 0.269 e. The topological polar surface area (TPSA) is 59.5 Å². The van der Waals surface area contributed by atoms with Crippen LogP contribution in [0.2, 0.25) is 0 Å². The van der Waals surface area contributed by atoms with Gasteiger partial charge in [0, 0.05) is 17.5 Å². The van der Waals surface area contributed by atoms with E-state index in [1.54, 1.807) is 18.4 Å². The molecule has 0 aliphatic rings. The van der Waals surface area contributed by atoms with E-state index in [9.17, 15) is 10.1 Å². The van der Waals surface area contributed by atoms with Gasteiger partial charge in [0.25, 0.3) is 5.69 Å². The number of nitro benzene ring substituents is 1. The Morgan fingerprint density at radius 1 is 1.04 bits per heavy atom. The zero-order valence-electron chi connectivity index (χ0n) is 14.0. The van der Waals surface area contributed by atoms with Crippen LogP contribution in [0.1, 0.15) is 16.9 Å². The molecule has 2 radical (unpaired) electrons. The minimum Gasteiger partial charge on any atom is -0.464 e. The second kappa shape index (κ2) is 7.79. The van der Waals surface area contributed by atoms with Crippen LogP contribution in [0.5, 0.6) is 0 Å². The van der Waals surface area contributed by atoms with Gasteiger partial charge in [-0.05, 0) is 56.3 Å². The van der Waals surface area contributed by atoms with Crippen LogP contribution in [0.3, 0.4) is 0 Å². The van der Waals surface area contributed by atoms with Gasteiger partial charge in [-0.2, -0.15) is 0 Å². The lowest BCUT2D eigenvalue weighted by atomic mass is 9.75. The Hall–Kier alpha value is -2.60. The van der Waals surface area contributed by atoms with E-state index in [2.05, 4.69) is 0 Å². The van der Waals surface area contributed by atoms with Crippen molar-refractivity contribution in [2.45, 2.75) is 5.82 Å². The number of hydrogen-bond acceptors (Lipinski definition) is 4. The summed E-state index contributed by atoms with van der Waals surface area (Å²) < 4.78 is 5.28. The van der Waals surface area contributed by atoms with Gasteiger partial charge in [0.15, 0.2) is 0 Å². The maximum atomic E-state index is 10.6. The molecule has 1 aromatic heterocycles. The minimum absolute atomic E-state index is 0.0613. The number of fused-ring (bicyclic) bond motifs is 1. The van der Waals surface area contributed by atoms with Crippen LogP contribution in [-0.4, -0.2) is 38.8 Å². The fourth-order valence-electron chi connectivity index (χ4n) is 2.17. The number of nitro groups is 1. The summed E-state index contributed by atoms with van der Waals surface area (Å²) >= 11 is 0. The Morgan fingerprint density at radius 2 is 1.62 bits per heavy atom. The van der Waals surface area contributed by atoms with Crippen LogP contribution in [-0.2, 0) is 0 Å². The normalized spacial score (nSPS) is 11.8. The standard InChI is InChI=1S/C15H10BNO3.C3H9N/c16-15(10-1-4-13(5-2-10)17(18)19)12-3-6-14-11(9-12)7-8-20-14;1-4(2)3/h1-9,15H;1-3H3. The molecule has 3 rings (SSSR count). The smallest absolute Gasteiger partial charge is 0.269 e. The molecule has 3 aromatic rings. The predicted molar refractivity (Wildman–Crippen MR) is 96.5 cm³/mol. The summed E-state index contributed by atoms with van der Waals surface area (Å²) in [6, 6.07) is 13.9. The summed E-state index contributed by atoms with van der Waals surface area (Å²) in [5, 5.41) is 11.6. The van der Waals surface area contributed by atoms with E-state index >= 15 is 0 Å². The van der Waals surface area contributed by atoms with Crippen LogP contribution < -0.4 is 0 Å². The first-order chi connectivity index (χ1) is 11.4. The molecule has 0 amide bonds. The lowest BCUT2D eigenvalue weighted by Gasteiger charge is -2.12. The molecule has 0 saturated carbocycles. The zero-order valence-corrected chi connectivity index (χ0v) is 14.0. The second-order valence-corrected chi connectivity index (χ2v) is 5.89. The van der Waals surface area contributed by atoms with Crippen molar-refractivity contribution in [3.63, 3.8) is 0 Å². The van der Waals surface area contributed by atoms with E-state index in [0.717, 1.165) is 22.1 Å². The average molecular weight is 322 g/mol. The van der Waals surface area contributed by atoms with E-state index in [-0.39, 0.29) is 11.5 Å². The monoisotopic (exact) mass is 322 g/mol. The van der Waals surface area contributed by atoms with Gasteiger partial charge in [-0.3, -0.25) is 10.1 Å². The fourth-order valence-corrected chi connectivity index (χ4v) is 2.17. The van der Waals surface area contributed by atoms with Crippen molar-refractivity contribution in [2.75, 3.05) is 21.1 Å². The highest BCUT2D eigenvalue weighted by molar-refractivity contribution is 6.14. The molecule has 0 aliphatic heterocycles. The van der Waals surface area contributed by atoms with Gasteiger partial charge in [-0.25, -0.2) is 0 Å². The molecule has 24 heavy (non-hydrogen) atoms. The quantitative estimate of drug-likeness (QED) is 0.418. The number of hydrogen-bond donors (Lipinski definition) is 0. The molecule has 1 unspecified atom stereocenters. The summed E-state index contributed by atoms with van der Waals surface area (Å²) in [5.74, 6) is -0.324. The van der Waals surface area contributed by atoms with Crippen molar-refractivity contribution in [2.24, 2.45) is 0 Å². The van der Waals surface area contributed by atoms with Crippen LogP contribution in [0.4, 0.5) is 5.69 Å². The molecule has 0 saturated heterocycles. The highest BCUT2D eigenvalue weighted by Crippen LogP contribution is 2.26. The highest BCUT2D eigenvalue weighted by atomic mass is 16.6. The predicted octanol–water partition coefficient (Wildman–Crippen LogP) is 3.78. The summed E-state index contributed by atoms with van der Waals surface area (Å²) in [7, 11) is 12.2. The van der Waals surface area contributed by atoms with E-state index in [1.807, 2.05) is 50.3 Å². The van der Waals surface area contributed by atoms with Crippen LogP contribution in [0, 0.1) is 10.1 Å². The molecule has 1 heterocycles. The summed E-state index contributed by atoms with van der Waals surface area (Å²) in [5.41, 5.74) is 2.64. The van der Waals surface area contributed by atoms with Crippen molar-refractivity contribution in [1.29, 1.82) is 0 Å². The number of non-ortho nitro benzene ring substituents is 1. The third-order valence-electron chi connectivity index (χ3n) is 3.30. The van der Waals surface area contributed by atoms with Gasteiger partial charge in [0.1, 0.15) is 5.58 Å². The van der Waals surface area contributed by atoms with Crippen LogP contribution >= 0.6 is 0 Å². The Bertz CT molecular complexity index is 810. The van der Waals surface area contributed by atoms with Gasteiger partial charge >= 0.3 is 0 Å². The number of furan rings is 1. The molecule has 1 atom stereocenters. The minimum atomic E-state index is -0.424. The average Bonchev–Trinajstić information content (AvgIpc) is 3.01. The first-order valence-electron chi connectivity index (χ1n) is 7.46. The lowest BCUT2D eigenvalue weighted by Crippen LogP contribution is -2.00. The third-order valence-corrected chi connectivity index (χ3v) is 3.30. The Balaban J connectivity index is 0.000000471. The summed E-state index contributed by atoms with van der Waals surface area (Å²) in [4.78, 5) is 12.2. The summed E-state index contributed by atoms with van der Waals surface area (Å²) in [6.45, 7) is 0. The Morgan fingerprint density at radius 3 is 2.21 bits per heavy atom. The fraction of sp³-hybridized carbons (Fsp3) is 0.222. The molecular formula is C18H19BN2O3. The largest absolute Gasteiger partial charge is 0.464 e. The van der Waals surface area contributed by atoms with E-state index in [0.29, 0.717) is 0 Å². The van der Waals surface area contributed by atoms with Crippen molar-refractivity contribution in [3.8, 4) is 0 Å². The van der Waals surface area contributed by atoms with E-state index < -0.39 is 4.92 Å². The molecule has 0 bridgehead atoms. The molecule has 0 aliphatic carbocycles. The second-order valence-electron chi connectivity index (χ2n) is 5.89. The first-order valence-corrected chi connectivity index (χ1v) is 7.46. The van der Waals surface area contributed by atoms with Gasteiger partial charge in [-0.15, -0.1) is 0 Å². The van der Waals surface area contributed by atoms with Gasteiger partial charge in [0.05, 0.1) is 19.0 Å². The summed E-state index contributed by atoms with van der Waals surface area (Å²) in [6.07, 6.45) is 1.63. The lowest BCUT2D eigenvalue weighted by molar-refractivity contribution is -0.384. The molecule has 122 valence electrons. The SMILES string of the molecule is CN(C)C.[B]C(c1ccc([N+](=O)[O-])cc1)c1ccc2occc2c1. The van der Waals surface area contributed by atoms with E-state index in [1.165, 1.54) is 12.1 Å². The van der Waals surface area contributed by atoms with Crippen molar-refractivity contribution in [1.82, 2.24) is 4.90 Å².